The maximum atomic E-state index is 2.21. The summed E-state index contributed by atoms with van der Waals surface area (Å²) in [6, 6.07) is 0. The first-order chi connectivity index (χ1) is 9.01. The molecule has 0 rings (SSSR count). The summed E-state index contributed by atoms with van der Waals surface area (Å²) in [5, 5.41) is 0. The Bertz CT molecular complexity index is 139. The van der Waals surface area contributed by atoms with E-state index in [-0.39, 0.29) is 14.9 Å². The van der Waals surface area contributed by atoms with E-state index in [1.165, 1.54) is 37.7 Å². The highest BCUT2D eigenvalue weighted by molar-refractivity contribution is 4.91. The Labute approximate surface area is 140 Å². The molecule has 0 aromatic rings. The Balaban J connectivity index is -0.0000000351. The van der Waals surface area contributed by atoms with E-state index in [1.54, 1.807) is 0 Å². The van der Waals surface area contributed by atoms with E-state index in [2.05, 4.69) is 73.6 Å². The fourth-order valence-electron chi connectivity index (χ4n) is 0.644. The Morgan fingerprint density at radius 1 is 0.667 bits per heavy atom. The van der Waals surface area contributed by atoms with Gasteiger partial charge in [-0.2, -0.15) is 0 Å². The van der Waals surface area contributed by atoms with Gasteiger partial charge in [0, 0.05) is 0 Å². The summed E-state index contributed by atoms with van der Waals surface area (Å²) in [4.78, 5) is 0. The van der Waals surface area contributed by atoms with Gasteiger partial charge in [-0.25, -0.2) is 0 Å². The van der Waals surface area contributed by atoms with E-state index in [1.807, 2.05) is 6.92 Å². The van der Waals surface area contributed by atoms with Crippen molar-refractivity contribution in [3.8, 4) is 0 Å². The highest BCUT2D eigenvalue weighted by Gasteiger charge is 1.67. The van der Waals surface area contributed by atoms with Crippen molar-refractivity contribution in [2.24, 2.45) is 0 Å². The lowest BCUT2D eigenvalue weighted by atomic mass is 10.3. The lowest BCUT2D eigenvalue weighted by Crippen LogP contribution is -1.58. The molecule has 0 unspecified atom stereocenters. The van der Waals surface area contributed by atoms with E-state index in [4.69, 9.17) is 0 Å². The minimum atomic E-state index is 0. The lowest BCUT2D eigenvalue weighted by molar-refractivity contribution is 0.886. The van der Waals surface area contributed by atoms with E-state index >= 15 is 0 Å². The molecule has 0 aliphatic rings. The fraction of sp³-hybridized carbons (Fsp3) is 0.810. The Kier molecular flexibility index (Phi) is 89.1. The van der Waals surface area contributed by atoms with Gasteiger partial charge in [-0.15, -0.1) is 0 Å². The maximum absolute atomic E-state index is 2.21. The largest absolute Gasteiger partial charge is 0.0917 e. The number of rotatable bonds is 4. The van der Waals surface area contributed by atoms with Crippen molar-refractivity contribution in [1.29, 1.82) is 0 Å². The van der Waals surface area contributed by atoms with Crippen LogP contribution in [-0.2, 0) is 0 Å². The van der Waals surface area contributed by atoms with Crippen LogP contribution in [0.15, 0.2) is 23.8 Å². The Morgan fingerprint density at radius 2 is 1.00 bits per heavy atom. The van der Waals surface area contributed by atoms with Gasteiger partial charge in [-0.05, 0) is 33.6 Å². The van der Waals surface area contributed by atoms with Crippen molar-refractivity contribution in [3.63, 3.8) is 0 Å². The minimum absolute atomic E-state index is 0. The topological polar surface area (TPSA) is 0 Å². The molecule has 0 fully saturated rings. The van der Waals surface area contributed by atoms with Gasteiger partial charge in [-0.1, -0.05) is 106 Å². The summed E-state index contributed by atoms with van der Waals surface area (Å²) in [7, 11) is 0. The van der Waals surface area contributed by atoms with Crippen molar-refractivity contribution in [2.75, 3.05) is 0 Å². The van der Waals surface area contributed by atoms with E-state index in [0.29, 0.717) is 0 Å². The number of hydrogen-bond acceptors (Lipinski definition) is 0. The molecule has 0 bridgehead atoms. The smallest absolute Gasteiger partial charge is 0.0377 e. The molecule has 0 aromatic carbocycles. The summed E-state index contributed by atoms with van der Waals surface area (Å²) in [5.74, 6) is 0. The van der Waals surface area contributed by atoms with Crippen molar-refractivity contribution in [2.45, 2.75) is 116 Å². The molecule has 0 radical (unpaired) electrons. The molecule has 0 aromatic heterocycles. The second kappa shape index (κ2) is 50.5. The van der Waals surface area contributed by atoms with Gasteiger partial charge in [0.1, 0.15) is 0 Å². The second-order valence-corrected chi connectivity index (χ2v) is 4.67. The number of hydrogen-bond donors (Lipinski definition) is 0. The van der Waals surface area contributed by atoms with Gasteiger partial charge in [-0.3, -0.25) is 0 Å². The van der Waals surface area contributed by atoms with Crippen LogP contribution in [0.25, 0.3) is 0 Å². The zero-order chi connectivity index (χ0) is 15.9. The van der Waals surface area contributed by atoms with E-state index in [9.17, 15) is 0 Å². The molecule has 0 N–H and O–H groups in total. The van der Waals surface area contributed by atoms with Crippen LogP contribution in [0.1, 0.15) is 116 Å². The van der Waals surface area contributed by atoms with Gasteiger partial charge in [0.05, 0.1) is 0 Å². The monoisotopic (exact) mass is 302 g/mol. The van der Waals surface area contributed by atoms with Gasteiger partial charge < -0.3 is 0 Å². The molecule has 0 spiro atoms. The van der Waals surface area contributed by atoms with Crippen LogP contribution in [0.4, 0.5) is 0 Å². The van der Waals surface area contributed by atoms with Gasteiger partial charge in [0.25, 0.3) is 0 Å². The van der Waals surface area contributed by atoms with Crippen LogP contribution in [0.2, 0.25) is 0 Å². The van der Waals surface area contributed by atoms with Crippen molar-refractivity contribution in [1.82, 2.24) is 0 Å². The molecule has 0 heterocycles. The summed E-state index contributed by atoms with van der Waals surface area (Å²) in [5.41, 5.74) is 1.41. The average Bonchev–Trinajstić information content (AvgIpc) is 2.41. The van der Waals surface area contributed by atoms with Crippen LogP contribution >= 0.6 is 0 Å². The van der Waals surface area contributed by atoms with Crippen molar-refractivity contribution in [3.05, 3.63) is 23.8 Å². The maximum Gasteiger partial charge on any atom is -0.0377 e. The molecule has 134 valence electrons. The van der Waals surface area contributed by atoms with Crippen LogP contribution in [0, 0.1) is 0 Å². The second-order valence-electron chi connectivity index (χ2n) is 4.67. The summed E-state index contributed by atoms with van der Waals surface area (Å²) in [6.07, 6.45) is 14.0. The third-order valence-electron chi connectivity index (χ3n) is 2.08. The number of unbranched alkanes of at least 4 members (excludes halogenated alkanes) is 2. The zero-order valence-corrected chi connectivity index (χ0v) is 15.5. The fourth-order valence-corrected chi connectivity index (χ4v) is 0.644. The summed E-state index contributed by atoms with van der Waals surface area (Å²) >= 11 is 0. The zero-order valence-electron chi connectivity index (χ0n) is 15.5. The van der Waals surface area contributed by atoms with Crippen LogP contribution in [0.5, 0.6) is 0 Å². The predicted molar refractivity (Wildman–Crippen MR) is 109 cm³/mol. The molecule has 0 saturated heterocycles. The van der Waals surface area contributed by atoms with Crippen molar-refractivity contribution >= 4 is 0 Å². The number of allylic oxidation sites excluding steroid dienone is 4. The first-order valence-corrected chi connectivity index (χ1v) is 8.26. The molecule has 0 saturated carbocycles. The molecule has 0 aliphatic heterocycles. The summed E-state index contributed by atoms with van der Waals surface area (Å²) in [6.45, 7) is 19.3. The van der Waals surface area contributed by atoms with Crippen LogP contribution in [0.3, 0.4) is 0 Å². The third kappa shape index (κ3) is 142. The molecule has 0 amide bonds. The molecule has 0 atom stereocenters. The first-order valence-electron chi connectivity index (χ1n) is 8.26. The SMILES string of the molecule is C.C.CC=CCC.CCC=C(C)C.CCCC.CCCC. The Morgan fingerprint density at radius 3 is 1.00 bits per heavy atom. The molecule has 0 nitrogen and oxygen atoms in total. The quantitative estimate of drug-likeness (QED) is 0.454. The van der Waals surface area contributed by atoms with Gasteiger partial charge in [0.2, 0.25) is 0 Å². The highest BCUT2D eigenvalue weighted by Crippen LogP contribution is 1.89. The molecular weight excluding hydrogens is 252 g/mol. The average molecular weight is 303 g/mol. The third-order valence-corrected chi connectivity index (χ3v) is 2.08. The predicted octanol–water partition coefficient (Wildman–Crippen LogP) is 9.22. The molecule has 0 heteroatoms. The lowest BCUT2D eigenvalue weighted by Gasteiger charge is -1.80. The minimum Gasteiger partial charge on any atom is -0.0917 e. The van der Waals surface area contributed by atoms with Crippen LogP contribution < -0.4 is 0 Å². The van der Waals surface area contributed by atoms with Crippen molar-refractivity contribution < 1.29 is 0 Å². The van der Waals surface area contributed by atoms with Crippen LogP contribution in [-0.4, -0.2) is 0 Å². The molecule has 0 aliphatic carbocycles. The highest BCUT2D eigenvalue weighted by atomic mass is 13.7. The summed E-state index contributed by atoms with van der Waals surface area (Å²) < 4.78 is 0. The Hall–Kier alpha value is -0.520. The van der Waals surface area contributed by atoms with Gasteiger partial charge in [0.15, 0.2) is 0 Å². The van der Waals surface area contributed by atoms with E-state index < -0.39 is 0 Å². The standard InChI is InChI=1S/C6H12.C5H10.2C4H10.2CH4/c1-4-5-6(2)3;1-3-5-4-2;2*1-3-4-2;;/h5H,4H2,1-3H3;3,5H,4H2,1-2H3;2*3-4H2,1-2H3;2*1H4. The normalized spacial score (nSPS) is 7.48. The van der Waals surface area contributed by atoms with Gasteiger partial charge >= 0.3 is 0 Å². The molecule has 21 heavy (non-hydrogen) atoms. The molecular formula is C21H50. The van der Waals surface area contributed by atoms with E-state index in [0.717, 1.165) is 6.42 Å². The first kappa shape index (κ1) is 37.1.